The van der Waals surface area contributed by atoms with Crippen LogP contribution in [0.4, 0.5) is 13.2 Å². The first-order valence-electron chi connectivity index (χ1n) is 6.42. The lowest BCUT2D eigenvalue weighted by Gasteiger charge is -2.21. The van der Waals surface area contributed by atoms with Crippen molar-refractivity contribution in [2.45, 2.75) is 38.5 Å². The zero-order valence-electron chi connectivity index (χ0n) is 11.5. The van der Waals surface area contributed by atoms with Gasteiger partial charge in [-0.15, -0.1) is 0 Å². The van der Waals surface area contributed by atoms with Crippen LogP contribution in [0, 0.1) is 0 Å². The minimum atomic E-state index is -4.29. The van der Waals surface area contributed by atoms with Crippen LogP contribution in [0.2, 0.25) is 0 Å². The summed E-state index contributed by atoms with van der Waals surface area (Å²) in [7, 11) is 0. The molecular weight excluding hydrogens is 269 g/mol. The van der Waals surface area contributed by atoms with E-state index < -0.39 is 18.6 Å². The van der Waals surface area contributed by atoms with Crippen LogP contribution in [-0.4, -0.2) is 24.7 Å². The van der Waals surface area contributed by atoms with Crippen molar-refractivity contribution in [1.82, 2.24) is 10.6 Å². The van der Waals surface area contributed by atoms with Gasteiger partial charge in [0.2, 0.25) is 5.91 Å². The van der Waals surface area contributed by atoms with Gasteiger partial charge in [-0.2, -0.15) is 13.2 Å². The number of amides is 1. The molecule has 0 fully saturated rings. The quantitative estimate of drug-likeness (QED) is 0.845. The van der Waals surface area contributed by atoms with Crippen LogP contribution in [-0.2, 0) is 4.79 Å². The van der Waals surface area contributed by atoms with Crippen LogP contribution in [0.25, 0.3) is 0 Å². The van der Waals surface area contributed by atoms with Crippen molar-refractivity contribution in [3.05, 3.63) is 35.9 Å². The monoisotopic (exact) mass is 288 g/mol. The number of alkyl halides is 3. The summed E-state index contributed by atoms with van der Waals surface area (Å²) < 4.78 is 37.8. The summed E-state index contributed by atoms with van der Waals surface area (Å²) in [6.45, 7) is 3.44. The van der Waals surface area contributed by atoms with Gasteiger partial charge in [-0.25, -0.2) is 0 Å². The first-order chi connectivity index (χ1) is 9.28. The van der Waals surface area contributed by atoms with Gasteiger partial charge in [-0.3, -0.25) is 4.79 Å². The summed E-state index contributed by atoms with van der Waals surface area (Å²) in [6, 6.07) is 7.35. The van der Waals surface area contributed by atoms with Crippen molar-refractivity contribution in [1.29, 1.82) is 0 Å². The van der Waals surface area contributed by atoms with E-state index in [0.29, 0.717) is 5.56 Å². The molecule has 112 valence electrons. The van der Waals surface area contributed by atoms with Gasteiger partial charge in [0.1, 0.15) is 0 Å². The van der Waals surface area contributed by atoms with Crippen LogP contribution >= 0.6 is 0 Å². The zero-order valence-corrected chi connectivity index (χ0v) is 11.5. The van der Waals surface area contributed by atoms with Crippen LogP contribution in [0.15, 0.2) is 30.3 Å². The Bertz CT molecular complexity index is 418. The van der Waals surface area contributed by atoms with E-state index in [-0.39, 0.29) is 18.5 Å². The van der Waals surface area contributed by atoms with Crippen molar-refractivity contribution in [2.75, 3.05) is 6.54 Å². The molecule has 0 bridgehead atoms. The first-order valence-corrected chi connectivity index (χ1v) is 6.42. The van der Waals surface area contributed by atoms with E-state index in [0.717, 1.165) is 0 Å². The Hall–Kier alpha value is -1.56. The first kappa shape index (κ1) is 16.5. The lowest BCUT2D eigenvalue weighted by Crippen LogP contribution is -2.39. The number of halogens is 3. The highest BCUT2D eigenvalue weighted by Crippen LogP contribution is 2.29. The Labute approximate surface area is 116 Å². The molecule has 0 radical (unpaired) electrons. The number of hydrogen-bond donors (Lipinski definition) is 2. The smallest absolute Gasteiger partial charge is 0.353 e. The second kappa shape index (κ2) is 7.28. The number of rotatable bonds is 6. The van der Waals surface area contributed by atoms with E-state index in [1.165, 1.54) is 0 Å². The van der Waals surface area contributed by atoms with Gasteiger partial charge in [0, 0.05) is 12.1 Å². The van der Waals surface area contributed by atoms with Gasteiger partial charge in [0.05, 0.1) is 13.0 Å². The predicted octanol–water partition coefficient (Wildman–Crippen LogP) is 2.79. The fourth-order valence-electron chi connectivity index (χ4n) is 1.81. The lowest BCUT2D eigenvalue weighted by molar-refractivity contribution is -0.141. The number of carbonyl (C=O) groups excluding carboxylic acids is 1. The lowest BCUT2D eigenvalue weighted by atomic mass is 10.0. The third kappa shape index (κ3) is 6.56. The number of hydrogen-bond acceptors (Lipinski definition) is 2. The Kier molecular flexibility index (Phi) is 6.01. The molecule has 0 aromatic heterocycles. The minimum Gasteiger partial charge on any atom is -0.353 e. The van der Waals surface area contributed by atoms with Crippen LogP contribution < -0.4 is 10.6 Å². The fourth-order valence-corrected chi connectivity index (χ4v) is 1.81. The Morgan fingerprint density at radius 3 is 2.30 bits per heavy atom. The molecule has 0 saturated carbocycles. The highest BCUT2D eigenvalue weighted by atomic mass is 19.4. The van der Waals surface area contributed by atoms with Crippen molar-refractivity contribution < 1.29 is 18.0 Å². The summed E-state index contributed by atoms with van der Waals surface area (Å²) in [6.07, 6.45) is -5.30. The molecule has 0 saturated heterocycles. The molecule has 1 unspecified atom stereocenters. The molecule has 1 aromatic carbocycles. The number of carbonyl (C=O) groups is 1. The molecule has 0 spiro atoms. The largest absolute Gasteiger partial charge is 0.390 e. The highest BCUT2D eigenvalue weighted by molar-refractivity contribution is 5.78. The van der Waals surface area contributed by atoms with Crippen molar-refractivity contribution in [2.24, 2.45) is 0 Å². The summed E-state index contributed by atoms with van der Waals surface area (Å²) in [5, 5.41) is 5.30. The normalized spacial score (nSPS) is 13.3. The fraction of sp³-hybridized carbons (Fsp3) is 0.500. The molecule has 3 nitrogen and oxygen atoms in total. The van der Waals surface area contributed by atoms with E-state index in [1.807, 2.05) is 0 Å². The SMILES string of the molecule is CC(C)NC(=O)CNC(CC(F)(F)F)c1ccccc1. The van der Waals surface area contributed by atoms with Gasteiger partial charge in [0.25, 0.3) is 0 Å². The van der Waals surface area contributed by atoms with E-state index in [4.69, 9.17) is 0 Å². The maximum Gasteiger partial charge on any atom is 0.390 e. The van der Waals surface area contributed by atoms with Crippen LogP contribution in [0.3, 0.4) is 0 Å². The van der Waals surface area contributed by atoms with E-state index in [1.54, 1.807) is 44.2 Å². The van der Waals surface area contributed by atoms with Gasteiger partial charge >= 0.3 is 6.18 Å². The van der Waals surface area contributed by atoms with Crippen molar-refractivity contribution in [3.8, 4) is 0 Å². The molecule has 2 N–H and O–H groups in total. The number of benzene rings is 1. The summed E-state index contributed by atoms with van der Waals surface area (Å²) in [5.41, 5.74) is 0.516. The molecular formula is C14H19F3N2O. The van der Waals surface area contributed by atoms with Crippen LogP contribution in [0.1, 0.15) is 31.9 Å². The zero-order chi connectivity index (χ0) is 15.2. The molecule has 6 heteroatoms. The maximum atomic E-state index is 12.6. The van der Waals surface area contributed by atoms with Gasteiger partial charge in [-0.1, -0.05) is 30.3 Å². The third-order valence-electron chi connectivity index (χ3n) is 2.60. The highest BCUT2D eigenvalue weighted by Gasteiger charge is 2.32. The Balaban J connectivity index is 2.67. The minimum absolute atomic E-state index is 0.0397. The second-order valence-electron chi connectivity index (χ2n) is 4.89. The molecule has 20 heavy (non-hydrogen) atoms. The van der Waals surface area contributed by atoms with Crippen molar-refractivity contribution >= 4 is 5.91 Å². The average molecular weight is 288 g/mol. The average Bonchev–Trinajstić information content (AvgIpc) is 2.33. The Morgan fingerprint density at radius 1 is 1.20 bits per heavy atom. The molecule has 0 heterocycles. The van der Waals surface area contributed by atoms with E-state index in [9.17, 15) is 18.0 Å². The standard InChI is InChI=1S/C14H19F3N2O/c1-10(2)19-13(20)9-18-12(8-14(15,16)17)11-6-4-3-5-7-11/h3-7,10,12,18H,8-9H2,1-2H3,(H,19,20). The molecule has 1 aromatic rings. The van der Waals surface area contributed by atoms with E-state index >= 15 is 0 Å². The molecule has 0 aliphatic carbocycles. The topological polar surface area (TPSA) is 41.1 Å². The van der Waals surface area contributed by atoms with Crippen molar-refractivity contribution in [3.63, 3.8) is 0 Å². The van der Waals surface area contributed by atoms with Gasteiger partial charge < -0.3 is 10.6 Å². The molecule has 1 atom stereocenters. The van der Waals surface area contributed by atoms with Gasteiger partial charge in [-0.05, 0) is 19.4 Å². The van der Waals surface area contributed by atoms with Gasteiger partial charge in [0.15, 0.2) is 0 Å². The summed E-state index contributed by atoms with van der Waals surface area (Å²) in [4.78, 5) is 11.5. The number of nitrogens with one attached hydrogen (secondary N) is 2. The molecule has 0 aliphatic rings. The van der Waals surface area contributed by atoms with Crippen LogP contribution in [0.5, 0.6) is 0 Å². The second-order valence-corrected chi connectivity index (χ2v) is 4.89. The third-order valence-corrected chi connectivity index (χ3v) is 2.60. The Morgan fingerprint density at radius 2 is 1.80 bits per heavy atom. The molecule has 0 aliphatic heterocycles. The summed E-state index contributed by atoms with van der Waals surface area (Å²) >= 11 is 0. The summed E-state index contributed by atoms with van der Waals surface area (Å²) in [5.74, 6) is -0.317. The molecule has 1 amide bonds. The maximum absolute atomic E-state index is 12.6. The predicted molar refractivity (Wildman–Crippen MR) is 71.1 cm³/mol. The van der Waals surface area contributed by atoms with E-state index in [2.05, 4.69) is 10.6 Å². The molecule has 1 rings (SSSR count).